The number of aromatic hydroxyl groups is 1. The van der Waals surface area contributed by atoms with Crippen LogP contribution in [0.1, 0.15) is 22.8 Å². The van der Waals surface area contributed by atoms with Crippen molar-refractivity contribution in [3.8, 4) is 5.75 Å². The molecule has 7 nitrogen and oxygen atoms in total. The third kappa shape index (κ3) is 3.26. The number of ketones is 1. The molecule has 2 aromatic rings. The van der Waals surface area contributed by atoms with Crippen LogP contribution < -0.4 is 5.32 Å². The van der Waals surface area contributed by atoms with Gasteiger partial charge in [-0.2, -0.15) is 0 Å². The first kappa shape index (κ1) is 15.2. The van der Waals surface area contributed by atoms with Gasteiger partial charge in [-0.15, -0.1) is 0 Å². The van der Waals surface area contributed by atoms with Gasteiger partial charge >= 0.3 is 0 Å². The molecule has 0 aliphatic carbocycles. The molecule has 112 valence electrons. The molecule has 7 heteroatoms. The highest BCUT2D eigenvalue weighted by Crippen LogP contribution is 2.25. The Hall–Kier alpha value is -3.22. The largest absolute Gasteiger partial charge is 0.507 e. The predicted octanol–water partition coefficient (Wildman–Crippen LogP) is 2.49. The van der Waals surface area contributed by atoms with Crippen LogP contribution in [-0.4, -0.2) is 21.7 Å². The quantitative estimate of drug-likeness (QED) is 0.390. The molecule has 0 spiro atoms. The van der Waals surface area contributed by atoms with Gasteiger partial charge in [0.2, 0.25) is 5.91 Å². The van der Waals surface area contributed by atoms with Crippen molar-refractivity contribution in [1.29, 1.82) is 0 Å². The zero-order valence-electron chi connectivity index (χ0n) is 11.6. The number of phenolic OH excluding ortho intramolecular Hbond substituents is 1. The lowest BCUT2D eigenvalue weighted by atomic mass is 10.0. The predicted molar refractivity (Wildman–Crippen MR) is 78.9 cm³/mol. The van der Waals surface area contributed by atoms with Crippen molar-refractivity contribution in [2.24, 2.45) is 0 Å². The molecular formula is C15H12N2O5. The van der Waals surface area contributed by atoms with Gasteiger partial charge in [0, 0.05) is 30.3 Å². The van der Waals surface area contributed by atoms with Gasteiger partial charge in [0.15, 0.2) is 5.78 Å². The van der Waals surface area contributed by atoms with E-state index in [-0.39, 0.29) is 28.5 Å². The van der Waals surface area contributed by atoms with Crippen LogP contribution in [-0.2, 0) is 4.79 Å². The molecule has 0 atom stereocenters. The summed E-state index contributed by atoms with van der Waals surface area (Å²) >= 11 is 0. The summed E-state index contributed by atoms with van der Waals surface area (Å²) < 4.78 is 0. The Bertz CT molecular complexity index is 770. The summed E-state index contributed by atoms with van der Waals surface area (Å²) in [4.78, 5) is 33.6. The van der Waals surface area contributed by atoms with E-state index in [2.05, 4.69) is 5.32 Å². The number of carbonyl (C=O) groups excluding carboxylic acids is 2. The third-order valence-corrected chi connectivity index (χ3v) is 2.88. The SMILES string of the molecule is CC(=O)Nc1ccc(O)c(C(=O)c2cccc([N+](=O)[O-])c2)c1. The second kappa shape index (κ2) is 6.04. The minimum atomic E-state index is -0.607. The van der Waals surface area contributed by atoms with Crippen molar-refractivity contribution < 1.29 is 19.6 Å². The van der Waals surface area contributed by atoms with E-state index in [4.69, 9.17) is 0 Å². The van der Waals surface area contributed by atoms with Crippen LogP contribution >= 0.6 is 0 Å². The molecule has 0 heterocycles. The first-order valence-corrected chi connectivity index (χ1v) is 6.28. The van der Waals surface area contributed by atoms with E-state index in [1.54, 1.807) is 0 Å². The van der Waals surface area contributed by atoms with Gasteiger partial charge in [-0.3, -0.25) is 19.7 Å². The van der Waals surface area contributed by atoms with Gasteiger partial charge in [0.25, 0.3) is 5.69 Å². The topological polar surface area (TPSA) is 110 Å². The monoisotopic (exact) mass is 300 g/mol. The highest BCUT2D eigenvalue weighted by atomic mass is 16.6. The summed E-state index contributed by atoms with van der Waals surface area (Å²) in [7, 11) is 0. The Morgan fingerprint density at radius 1 is 1.18 bits per heavy atom. The summed E-state index contributed by atoms with van der Waals surface area (Å²) in [5, 5.41) is 23.1. The summed E-state index contributed by atoms with van der Waals surface area (Å²) in [5.41, 5.74) is 0.152. The molecule has 22 heavy (non-hydrogen) atoms. The van der Waals surface area contributed by atoms with Crippen molar-refractivity contribution in [2.45, 2.75) is 6.92 Å². The van der Waals surface area contributed by atoms with Crippen molar-refractivity contribution >= 4 is 23.1 Å². The smallest absolute Gasteiger partial charge is 0.270 e. The molecule has 1 amide bonds. The standard InChI is InChI=1S/C15H12N2O5/c1-9(18)16-11-5-6-14(19)13(8-11)15(20)10-3-2-4-12(7-10)17(21)22/h2-8,19H,1H3,(H,16,18). The second-order valence-electron chi connectivity index (χ2n) is 4.55. The average molecular weight is 300 g/mol. The number of hydrogen-bond acceptors (Lipinski definition) is 5. The van der Waals surface area contributed by atoms with Crippen LogP contribution in [0.15, 0.2) is 42.5 Å². The lowest BCUT2D eigenvalue weighted by Crippen LogP contribution is -2.08. The van der Waals surface area contributed by atoms with Crippen LogP contribution in [0.4, 0.5) is 11.4 Å². The maximum absolute atomic E-state index is 12.4. The molecule has 0 unspecified atom stereocenters. The molecule has 0 saturated carbocycles. The van der Waals surface area contributed by atoms with E-state index >= 15 is 0 Å². The Morgan fingerprint density at radius 2 is 1.91 bits per heavy atom. The highest BCUT2D eigenvalue weighted by molar-refractivity contribution is 6.11. The van der Waals surface area contributed by atoms with Crippen LogP contribution in [0.5, 0.6) is 5.75 Å². The van der Waals surface area contributed by atoms with Gasteiger partial charge < -0.3 is 10.4 Å². The Morgan fingerprint density at radius 3 is 2.55 bits per heavy atom. The van der Waals surface area contributed by atoms with Crippen LogP contribution in [0.25, 0.3) is 0 Å². The van der Waals surface area contributed by atoms with Crippen LogP contribution in [0, 0.1) is 10.1 Å². The highest BCUT2D eigenvalue weighted by Gasteiger charge is 2.17. The first-order chi connectivity index (χ1) is 10.4. The van der Waals surface area contributed by atoms with Crippen LogP contribution in [0.3, 0.4) is 0 Å². The maximum atomic E-state index is 12.4. The molecular weight excluding hydrogens is 288 g/mol. The van der Waals surface area contributed by atoms with Gasteiger partial charge in [-0.25, -0.2) is 0 Å². The third-order valence-electron chi connectivity index (χ3n) is 2.88. The normalized spacial score (nSPS) is 10.0. The molecule has 0 saturated heterocycles. The molecule has 2 rings (SSSR count). The maximum Gasteiger partial charge on any atom is 0.270 e. The van der Waals surface area contributed by atoms with E-state index in [1.165, 1.54) is 43.3 Å². The van der Waals surface area contributed by atoms with Gasteiger partial charge in [0.05, 0.1) is 10.5 Å². The van der Waals surface area contributed by atoms with Crippen molar-refractivity contribution in [3.05, 3.63) is 63.7 Å². The van der Waals surface area contributed by atoms with Gasteiger partial charge in [0.1, 0.15) is 5.75 Å². The average Bonchev–Trinajstić information content (AvgIpc) is 2.48. The van der Waals surface area contributed by atoms with E-state index in [9.17, 15) is 24.8 Å². The lowest BCUT2D eigenvalue weighted by Gasteiger charge is -2.07. The zero-order chi connectivity index (χ0) is 16.3. The minimum Gasteiger partial charge on any atom is -0.507 e. The van der Waals surface area contributed by atoms with Gasteiger partial charge in [-0.05, 0) is 18.2 Å². The molecule has 0 bridgehead atoms. The van der Waals surface area contributed by atoms with Gasteiger partial charge in [-0.1, -0.05) is 12.1 Å². The number of rotatable bonds is 4. The van der Waals surface area contributed by atoms with Crippen molar-refractivity contribution in [2.75, 3.05) is 5.32 Å². The molecule has 0 aliphatic rings. The molecule has 2 aromatic carbocycles. The number of nitrogens with zero attached hydrogens (tertiary/aromatic N) is 1. The first-order valence-electron chi connectivity index (χ1n) is 6.28. The second-order valence-corrected chi connectivity index (χ2v) is 4.55. The molecule has 0 fully saturated rings. The van der Waals surface area contributed by atoms with E-state index < -0.39 is 10.7 Å². The Labute approximate surface area is 125 Å². The summed E-state index contributed by atoms with van der Waals surface area (Å²) in [6.07, 6.45) is 0. The van der Waals surface area contributed by atoms with Crippen LogP contribution in [0.2, 0.25) is 0 Å². The Balaban J connectivity index is 2.42. The van der Waals surface area contributed by atoms with Crippen molar-refractivity contribution in [3.63, 3.8) is 0 Å². The molecule has 0 aromatic heterocycles. The number of non-ortho nitro benzene ring substituents is 1. The number of benzene rings is 2. The Kier molecular flexibility index (Phi) is 4.17. The number of nitro benzene ring substituents is 1. The number of phenols is 1. The number of nitrogens with one attached hydrogen (secondary N) is 1. The fourth-order valence-corrected chi connectivity index (χ4v) is 1.92. The summed E-state index contributed by atoms with van der Waals surface area (Å²) in [6.45, 7) is 1.31. The summed E-state index contributed by atoms with van der Waals surface area (Å²) in [6, 6.07) is 9.24. The number of hydrogen-bond donors (Lipinski definition) is 2. The van der Waals surface area contributed by atoms with E-state index in [0.29, 0.717) is 5.69 Å². The van der Waals surface area contributed by atoms with E-state index in [1.807, 2.05) is 0 Å². The lowest BCUT2D eigenvalue weighted by molar-refractivity contribution is -0.384. The number of carbonyl (C=O) groups is 2. The molecule has 0 radical (unpaired) electrons. The molecule has 2 N–H and O–H groups in total. The number of anilines is 1. The fourth-order valence-electron chi connectivity index (χ4n) is 1.92. The van der Waals surface area contributed by atoms with E-state index in [0.717, 1.165) is 6.07 Å². The zero-order valence-corrected chi connectivity index (χ0v) is 11.6. The minimum absolute atomic E-state index is 0.0493. The summed E-state index contributed by atoms with van der Waals surface area (Å²) in [5.74, 6) is -1.17. The number of nitro groups is 1. The molecule has 0 aliphatic heterocycles. The number of amides is 1. The fraction of sp³-hybridized carbons (Fsp3) is 0.0667. The van der Waals surface area contributed by atoms with Crippen molar-refractivity contribution in [1.82, 2.24) is 0 Å².